The summed E-state index contributed by atoms with van der Waals surface area (Å²) in [5, 5.41) is 2.79. The van der Waals surface area contributed by atoms with Crippen LogP contribution in [0.1, 0.15) is 38.3 Å². The number of thioether (sulfide) groups is 1. The number of nitrogens with one attached hydrogen (secondary N) is 1. The van der Waals surface area contributed by atoms with Gasteiger partial charge in [-0.1, -0.05) is 6.07 Å². The first-order valence-electron chi connectivity index (χ1n) is 8.33. The third-order valence-corrected chi connectivity index (χ3v) is 5.45. The van der Waals surface area contributed by atoms with E-state index >= 15 is 0 Å². The first kappa shape index (κ1) is 18.2. The van der Waals surface area contributed by atoms with Gasteiger partial charge in [-0.05, 0) is 55.3 Å². The van der Waals surface area contributed by atoms with Gasteiger partial charge in [0.15, 0.2) is 0 Å². The molecule has 0 saturated carbocycles. The predicted molar refractivity (Wildman–Crippen MR) is 103 cm³/mol. The Kier molecular flexibility index (Phi) is 5.13. The number of carbonyl (C=O) groups is 3. The SMILES string of the molecule is Cc1ccc(SCCC(=O)Nc2ccc3c(c2)C(=O)N(C)C3=O)cc1C. The summed E-state index contributed by atoms with van der Waals surface area (Å²) in [6, 6.07) is 11.1. The second kappa shape index (κ2) is 7.33. The summed E-state index contributed by atoms with van der Waals surface area (Å²) in [5.74, 6) is -0.107. The fraction of sp³-hybridized carbons (Fsp3) is 0.250. The Morgan fingerprint density at radius 1 is 1.00 bits per heavy atom. The highest BCUT2D eigenvalue weighted by Gasteiger charge is 2.32. The lowest BCUT2D eigenvalue weighted by atomic mass is 10.1. The lowest BCUT2D eigenvalue weighted by Gasteiger charge is -2.07. The second-order valence-electron chi connectivity index (χ2n) is 6.32. The van der Waals surface area contributed by atoms with Crippen molar-refractivity contribution in [2.45, 2.75) is 25.2 Å². The minimum Gasteiger partial charge on any atom is -0.326 e. The molecule has 0 bridgehead atoms. The van der Waals surface area contributed by atoms with E-state index in [1.165, 1.54) is 18.2 Å². The highest BCUT2D eigenvalue weighted by Crippen LogP contribution is 2.25. The minimum absolute atomic E-state index is 0.119. The highest BCUT2D eigenvalue weighted by atomic mass is 32.2. The van der Waals surface area contributed by atoms with Gasteiger partial charge in [-0.25, -0.2) is 0 Å². The van der Waals surface area contributed by atoms with Gasteiger partial charge in [0.05, 0.1) is 11.1 Å². The number of hydrogen-bond donors (Lipinski definition) is 1. The van der Waals surface area contributed by atoms with Gasteiger partial charge in [0.25, 0.3) is 11.8 Å². The van der Waals surface area contributed by atoms with Crippen molar-refractivity contribution in [3.05, 3.63) is 58.7 Å². The van der Waals surface area contributed by atoms with Gasteiger partial charge < -0.3 is 5.32 Å². The number of carbonyl (C=O) groups excluding carboxylic acids is 3. The fourth-order valence-electron chi connectivity index (χ4n) is 2.73. The molecule has 0 fully saturated rings. The largest absolute Gasteiger partial charge is 0.326 e. The molecule has 0 spiro atoms. The maximum atomic E-state index is 12.1. The summed E-state index contributed by atoms with van der Waals surface area (Å²) in [6.45, 7) is 4.15. The molecule has 3 amide bonds. The number of anilines is 1. The predicted octanol–water partition coefficient (Wildman–Crippen LogP) is 3.65. The fourth-order valence-corrected chi connectivity index (χ4v) is 3.68. The Balaban J connectivity index is 1.56. The molecule has 1 aliphatic rings. The van der Waals surface area contributed by atoms with Crippen LogP contribution in [0, 0.1) is 13.8 Å². The van der Waals surface area contributed by atoms with Crippen molar-refractivity contribution in [3.63, 3.8) is 0 Å². The lowest BCUT2D eigenvalue weighted by molar-refractivity contribution is -0.115. The molecule has 0 radical (unpaired) electrons. The van der Waals surface area contributed by atoms with Gasteiger partial charge in [0, 0.05) is 29.8 Å². The normalized spacial score (nSPS) is 13.1. The molecule has 0 aromatic heterocycles. The third-order valence-electron chi connectivity index (χ3n) is 4.45. The van der Waals surface area contributed by atoms with Gasteiger partial charge >= 0.3 is 0 Å². The van der Waals surface area contributed by atoms with Crippen LogP contribution in [0.2, 0.25) is 0 Å². The van der Waals surface area contributed by atoms with Gasteiger partial charge in [0.1, 0.15) is 0 Å². The molecule has 2 aromatic rings. The van der Waals surface area contributed by atoms with Crippen molar-refractivity contribution in [3.8, 4) is 0 Å². The number of aryl methyl sites for hydroxylation is 2. The van der Waals surface area contributed by atoms with E-state index in [0.29, 0.717) is 29.0 Å². The molecule has 26 heavy (non-hydrogen) atoms. The average molecular weight is 368 g/mol. The van der Waals surface area contributed by atoms with Gasteiger partial charge in [-0.3, -0.25) is 19.3 Å². The zero-order valence-corrected chi connectivity index (χ0v) is 15.8. The minimum atomic E-state index is -0.341. The van der Waals surface area contributed by atoms with Crippen molar-refractivity contribution in [2.24, 2.45) is 0 Å². The molecule has 2 aromatic carbocycles. The number of hydrogen-bond acceptors (Lipinski definition) is 4. The van der Waals surface area contributed by atoms with Crippen LogP contribution in [0.4, 0.5) is 5.69 Å². The van der Waals surface area contributed by atoms with E-state index in [0.717, 1.165) is 9.80 Å². The molecule has 0 saturated heterocycles. The van der Waals surface area contributed by atoms with E-state index in [1.807, 2.05) is 0 Å². The van der Waals surface area contributed by atoms with Crippen LogP contribution in [0.15, 0.2) is 41.3 Å². The summed E-state index contributed by atoms with van der Waals surface area (Å²) >= 11 is 1.64. The van der Waals surface area contributed by atoms with Crippen molar-refractivity contribution < 1.29 is 14.4 Å². The second-order valence-corrected chi connectivity index (χ2v) is 7.49. The zero-order chi connectivity index (χ0) is 18.8. The molecular formula is C20H20N2O3S. The zero-order valence-electron chi connectivity index (χ0n) is 15.0. The van der Waals surface area contributed by atoms with Crippen LogP contribution in [0.25, 0.3) is 0 Å². The van der Waals surface area contributed by atoms with Crippen LogP contribution in [0.3, 0.4) is 0 Å². The van der Waals surface area contributed by atoms with Gasteiger partial charge in [-0.2, -0.15) is 0 Å². The van der Waals surface area contributed by atoms with Crippen LogP contribution >= 0.6 is 11.8 Å². The van der Waals surface area contributed by atoms with Crippen LogP contribution in [-0.2, 0) is 4.79 Å². The van der Waals surface area contributed by atoms with E-state index in [1.54, 1.807) is 30.0 Å². The molecule has 5 nitrogen and oxygen atoms in total. The maximum Gasteiger partial charge on any atom is 0.261 e. The topological polar surface area (TPSA) is 66.5 Å². The Hall–Kier alpha value is -2.60. The van der Waals surface area contributed by atoms with E-state index in [2.05, 4.69) is 37.4 Å². The summed E-state index contributed by atoms with van der Waals surface area (Å²) in [4.78, 5) is 38.3. The standard InChI is InChI=1S/C20H20N2O3S/c1-12-4-6-15(10-13(12)2)26-9-8-18(23)21-14-5-7-16-17(11-14)20(25)22(3)19(16)24/h4-7,10-11H,8-9H2,1-3H3,(H,21,23). The lowest BCUT2D eigenvalue weighted by Crippen LogP contribution is -2.24. The summed E-state index contributed by atoms with van der Waals surface area (Å²) in [5.41, 5.74) is 3.73. The number of rotatable bonds is 5. The number of benzene rings is 2. The Morgan fingerprint density at radius 2 is 1.73 bits per heavy atom. The first-order chi connectivity index (χ1) is 12.4. The summed E-state index contributed by atoms with van der Waals surface area (Å²) in [6.07, 6.45) is 0.363. The van der Waals surface area contributed by atoms with E-state index < -0.39 is 0 Å². The first-order valence-corrected chi connectivity index (χ1v) is 9.31. The van der Waals surface area contributed by atoms with E-state index in [-0.39, 0.29) is 17.7 Å². The summed E-state index contributed by atoms with van der Waals surface area (Å²) < 4.78 is 0. The third kappa shape index (κ3) is 3.65. The molecule has 3 rings (SSSR count). The van der Waals surface area contributed by atoms with Crippen LogP contribution in [0.5, 0.6) is 0 Å². The van der Waals surface area contributed by atoms with Gasteiger partial charge in [-0.15, -0.1) is 11.8 Å². The number of fused-ring (bicyclic) bond motifs is 1. The Morgan fingerprint density at radius 3 is 2.46 bits per heavy atom. The van der Waals surface area contributed by atoms with Crippen molar-refractivity contribution >= 4 is 35.2 Å². The van der Waals surface area contributed by atoms with Gasteiger partial charge in [0.2, 0.25) is 5.91 Å². The number of nitrogens with zero attached hydrogens (tertiary/aromatic N) is 1. The number of imide groups is 1. The molecule has 1 heterocycles. The molecule has 1 aliphatic heterocycles. The molecule has 134 valence electrons. The Labute approximate surface area is 156 Å². The molecular weight excluding hydrogens is 348 g/mol. The number of amides is 3. The monoisotopic (exact) mass is 368 g/mol. The van der Waals surface area contributed by atoms with Crippen molar-refractivity contribution in [2.75, 3.05) is 18.1 Å². The highest BCUT2D eigenvalue weighted by molar-refractivity contribution is 7.99. The molecule has 0 unspecified atom stereocenters. The summed E-state index contributed by atoms with van der Waals surface area (Å²) in [7, 11) is 1.45. The van der Waals surface area contributed by atoms with Crippen molar-refractivity contribution in [1.29, 1.82) is 0 Å². The Bertz CT molecular complexity index is 908. The molecule has 0 atom stereocenters. The van der Waals surface area contributed by atoms with E-state index in [4.69, 9.17) is 0 Å². The molecule has 1 N–H and O–H groups in total. The quantitative estimate of drug-likeness (QED) is 0.646. The molecule has 0 aliphatic carbocycles. The van der Waals surface area contributed by atoms with E-state index in [9.17, 15) is 14.4 Å². The average Bonchev–Trinajstić information content (AvgIpc) is 2.82. The maximum absolute atomic E-state index is 12.1. The van der Waals surface area contributed by atoms with Crippen LogP contribution in [-0.4, -0.2) is 35.4 Å². The van der Waals surface area contributed by atoms with Crippen molar-refractivity contribution in [1.82, 2.24) is 4.90 Å². The molecule has 6 heteroatoms. The smallest absolute Gasteiger partial charge is 0.261 e. The van der Waals surface area contributed by atoms with Crippen LogP contribution < -0.4 is 5.32 Å².